The predicted octanol–water partition coefficient (Wildman–Crippen LogP) is 0.326. The lowest BCUT2D eigenvalue weighted by atomic mass is 10.5. The minimum Gasteiger partial charge on any atom is -0.245 e. The molecule has 3 nitrogen and oxygen atoms in total. The van der Waals surface area contributed by atoms with Gasteiger partial charge in [0.05, 0.1) is 33.9 Å². The second-order valence-electron chi connectivity index (χ2n) is 4.48. The SMILES string of the molecule is C[P+]12CN3CN(CN(C3)C1)C2. The van der Waals surface area contributed by atoms with Crippen LogP contribution in [0.25, 0.3) is 0 Å². The molecule has 0 radical (unpaired) electrons. The molecule has 62 valence electrons. The van der Waals surface area contributed by atoms with Gasteiger partial charge in [-0.1, -0.05) is 0 Å². The molecule has 0 unspecified atom stereocenters. The molecule has 4 rings (SSSR count). The first-order valence-corrected chi connectivity index (χ1v) is 7.03. The molecule has 0 aromatic heterocycles. The smallest absolute Gasteiger partial charge is 0.116 e. The van der Waals surface area contributed by atoms with Gasteiger partial charge in [0.15, 0.2) is 0 Å². The van der Waals surface area contributed by atoms with Crippen molar-refractivity contribution in [1.29, 1.82) is 0 Å². The number of rotatable bonds is 0. The Labute approximate surface area is 68.3 Å². The molecule has 0 N–H and O–H groups in total. The average molecular weight is 172 g/mol. The topological polar surface area (TPSA) is 9.72 Å². The van der Waals surface area contributed by atoms with Crippen LogP contribution >= 0.6 is 7.26 Å². The maximum absolute atomic E-state index is 2.60. The van der Waals surface area contributed by atoms with E-state index in [1.165, 1.54) is 38.9 Å². The molecule has 4 aliphatic heterocycles. The van der Waals surface area contributed by atoms with Gasteiger partial charge in [0, 0.05) is 0 Å². The minimum absolute atomic E-state index is 0.542. The first-order valence-electron chi connectivity index (χ1n) is 4.24. The highest BCUT2D eigenvalue weighted by molar-refractivity contribution is 7.75. The lowest BCUT2D eigenvalue weighted by molar-refractivity contribution is -0.0275. The third-order valence-electron chi connectivity index (χ3n) is 2.82. The average Bonchev–Trinajstić information content (AvgIpc) is 1.79. The lowest BCUT2D eigenvalue weighted by Gasteiger charge is -2.54. The fourth-order valence-electron chi connectivity index (χ4n) is 2.83. The highest BCUT2D eigenvalue weighted by Gasteiger charge is 2.51. The largest absolute Gasteiger partial charge is 0.245 e. The van der Waals surface area contributed by atoms with E-state index >= 15 is 0 Å². The standard InChI is InChI=1S/C7H15N3P/c1-11-5-8-2-9(6-11)4-10(3-8)7-11/h2-7H2,1H3/q+1. The Morgan fingerprint density at radius 3 is 1.45 bits per heavy atom. The van der Waals surface area contributed by atoms with Gasteiger partial charge in [0.1, 0.15) is 18.9 Å². The van der Waals surface area contributed by atoms with Gasteiger partial charge < -0.3 is 0 Å². The van der Waals surface area contributed by atoms with E-state index in [-0.39, 0.29) is 0 Å². The summed E-state index contributed by atoms with van der Waals surface area (Å²) in [6.07, 6.45) is 4.29. The molecule has 0 atom stereocenters. The Morgan fingerprint density at radius 1 is 0.818 bits per heavy atom. The first-order chi connectivity index (χ1) is 5.23. The van der Waals surface area contributed by atoms with E-state index in [0.29, 0.717) is 0 Å². The van der Waals surface area contributed by atoms with E-state index in [2.05, 4.69) is 21.4 Å². The van der Waals surface area contributed by atoms with Crippen molar-refractivity contribution < 1.29 is 0 Å². The predicted molar refractivity (Wildman–Crippen MR) is 47.6 cm³/mol. The molecule has 4 heteroatoms. The second-order valence-corrected chi connectivity index (χ2v) is 8.57. The van der Waals surface area contributed by atoms with Crippen LogP contribution < -0.4 is 0 Å². The van der Waals surface area contributed by atoms with Crippen molar-refractivity contribution >= 4 is 7.26 Å². The summed E-state index contributed by atoms with van der Waals surface area (Å²) < 4.78 is 0. The fraction of sp³-hybridized carbons (Fsp3) is 1.00. The van der Waals surface area contributed by atoms with Crippen molar-refractivity contribution in [2.45, 2.75) is 0 Å². The molecule has 4 saturated heterocycles. The van der Waals surface area contributed by atoms with E-state index in [4.69, 9.17) is 0 Å². The highest BCUT2D eigenvalue weighted by atomic mass is 31.2. The fourth-order valence-corrected chi connectivity index (χ4v) is 6.54. The van der Waals surface area contributed by atoms with Gasteiger partial charge in [-0.05, 0) is 0 Å². The van der Waals surface area contributed by atoms with E-state index in [1.54, 1.807) is 0 Å². The normalized spacial score (nSPS) is 60.3. The van der Waals surface area contributed by atoms with Crippen molar-refractivity contribution in [3.63, 3.8) is 0 Å². The van der Waals surface area contributed by atoms with Crippen molar-refractivity contribution in [2.24, 2.45) is 0 Å². The van der Waals surface area contributed by atoms with Crippen molar-refractivity contribution in [3.8, 4) is 0 Å². The van der Waals surface area contributed by atoms with E-state index < -0.39 is 7.26 Å². The van der Waals surface area contributed by atoms with Crippen LogP contribution in [0, 0.1) is 0 Å². The molecule has 11 heavy (non-hydrogen) atoms. The number of nitrogens with zero attached hydrogens (tertiary/aromatic N) is 3. The molecule has 0 saturated carbocycles. The maximum atomic E-state index is 2.60. The third-order valence-corrected chi connectivity index (χ3v) is 6.07. The van der Waals surface area contributed by atoms with Crippen LogP contribution in [0.15, 0.2) is 0 Å². The second kappa shape index (κ2) is 1.97. The van der Waals surface area contributed by atoms with Gasteiger partial charge in [-0.2, -0.15) is 0 Å². The summed E-state index contributed by atoms with van der Waals surface area (Å²) in [7, 11) is -0.542. The zero-order valence-corrected chi connectivity index (χ0v) is 7.93. The summed E-state index contributed by atoms with van der Waals surface area (Å²) in [5.74, 6) is 0. The molecule has 4 heterocycles. The Kier molecular flexibility index (Phi) is 1.21. The zero-order valence-electron chi connectivity index (χ0n) is 7.03. The zero-order chi connectivity index (χ0) is 7.47. The molecule has 0 aromatic rings. The van der Waals surface area contributed by atoms with Gasteiger partial charge >= 0.3 is 0 Å². The van der Waals surface area contributed by atoms with Crippen LogP contribution in [-0.4, -0.2) is 60.2 Å². The maximum Gasteiger partial charge on any atom is 0.116 e. The molecule has 0 aromatic carbocycles. The molecule has 0 spiro atoms. The molecule has 4 fully saturated rings. The van der Waals surface area contributed by atoms with Crippen LogP contribution in [0.2, 0.25) is 0 Å². The number of hydrogen-bond donors (Lipinski definition) is 0. The Balaban J connectivity index is 1.94. The first kappa shape index (κ1) is 6.79. The van der Waals surface area contributed by atoms with Crippen LogP contribution in [-0.2, 0) is 0 Å². The molecule has 0 aliphatic carbocycles. The van der Waals surface area contributed by atoms with Crippen LogP contribution in [0.1, 0.15) is 0 Å². The van der Waals surface area contributed by atoms with E-state index in [1.807, 2.05) is 0 Å². The van der Waals surface area contributed by atoms with Crippen LogP contribution in [0.3, 0.4) is 0 Å². The Hall–Kier alpha value is 0.310. The lowest BCUT2D eigenvalue weighted by Crippen LogP contribution is -2.64. The van der Waals surface area contributed by atoms with Gasteiger partial charge in [0.2, 0.25) is 0 Å². The third kappa shape index (κ3) is 0.955. The quantitative estimate of drug-likeness (QED) is 0.487. The number of hydrogen-bond acceptors (Lipinski definition) is 3. The van der Waals surface area contributed by atoms with Crippen molar-refractivity contribution in [3.05, 3.63) is 0 Å². The Bertz CT molecular complexity index is 159. The van der Waals surface area contributed by atoms with Crippen LogP contribution in [0.4, 0.5) is 0 Å². The van der Waals surface area contributed by atoms with E-state index in [9.17, 15) is 0 Å². The van der Waals surface area contributed by atoms with Gasteiger partial charge in [-0.25, -0.2) is 14.7 Å². The summed E-state index contributed by atoms with van der Waals surface area (Å²) >= 11 is 0. The van der Waals surface area contributed by atoms with Crippen molar-refractivity contribution in [2.75, 3.05) is 45.5 Å². The summed E-state index contributed by atoms with van der Waals surface area (Å²) in [6, 6.07) is 0. The van der Waals surface area contributed by atoms with Gasteiger partial charge in [-0.15, -0.1) is 0 Å². The summed E-state index contributed by atoms with van der Waals surface area (Å²) in [4.78, 5) is 7.80. The van der Waals surface area contributed by atoms with Crippen LogP contribution in [0.5, 0.6) is 0 Å². The Morgan fingerprint density at radius 2 is 1.18 bits per heavy atom. The van der Waals surface area contributed by atoms with Gasteiger partial charge in [-0.3, -0.25) is 0 Å². The molecular formula is C7H15N3P+. The summed E-state index contributed by atoms with van der Waals surface area (Å²) in [5.41, 5.74) is 0. The monoisotopic (exact) mass is 172 g/mol. The van der Waals surface area contributed by atoms with Crippen molar-refractivity contribution in [1.82, 2.24) is 14.7 Å². The van der Waals surface area contributed by atoms with E-state index in [0.717, 1.165) is 0 Å². The summed E-state index contributed by atoms with van der Waals surface area (Å²) in [6.45, 7) is 6.25. The molecule has 4 aliphatic rings. The minimum atomic E-state index is -0.542. The molecule has 4 bridgehead atoms. The van der Waals surface area contributed by atoms with Gasteiger partial charge in [0.25, 0.3) is 0 Å². The molecule has 0 amide bonds. The molecular weight excluding hydrogens is 157 g/mol. The summed E-state index contributed by atoms with van der Waals surface area (Å²) in [5, 5.41) is 0. The highest BCUT2D eigenvalue weighted by Crippen LogP contribution is 2.62.